The highest BCUT2D eigenvalue weighted by atomic mass is 16.1. The molecule has 27 heavy (non-hydrogen) atoms. The molecule has 5 heteroatoms. The van der Waals surface area contributed by atoms with E-state index >= 15 is 0 Å². The molecule has 1 aromatic carbocycles. The van der Waals surface area contributed by atoms with E-state index in [1.165, 1.54) is 36.1 Å². The molecular weight excluding hydrogens is 336 g/mol. The number of hydrogen-bond donors (Lipinski definition) is 1. The lowest BCUT2D eigenvalue weighted by Gasteiger charge is -2.30. The third kappa shape index (κ3) is 4.34. The molecule has 1 fully saturated rings. The molecule has 0 spiro atoms. The molecule has 0 unspecified atom stereocenters. The van der Waals surface area contributed by atoms with Gasteiger partial charge < -0.3 is 10.2 Å². The Bertz CT molecular complexity index is 818. The molecule has 1 N–H and O–H groups in total. The van der Waals surface area contributed by atoms with Crippen LogP contribution in [0.15, 0.2) is 18.2 Å². The quantitative estimate of drug-likeness (QED) is 0.875. The maximum absolute atomic E-state index is 12.8. The molecule has 1 aromatic heterocycles. The van der Waals surface area contributed by atoms with Crippen LogP contribution in [0.2, 0.25) is 0 Å². The molecule has 1 aliphatic rings. The fourth-order valence-corrected chi connectivity index (χ4v) is 4.00. The molecule has 0 aliphatic carbocycles. The Morgan fingerprint density at radius 2 is 1.89 bits per heavy atom. The van der Waals surface area contributed by atoms with Crippen molar-refractivity contribution in [2.75, 3.05) is 18.0 Å². The highest BCUT2D eigenvalue weighted by molar-refractivity contribution is 5.95. The van der Waals surface area contributed by atoms with E-state index in [1.807, 2.05) is 24.7 Å². The number of aromatic nitrogens is 2. The number of nitrogens with one attached hydrogen (secondary N) is 1. The summed E-state index contributed by atoms with van der Waals surface area (Å²) in [7, 11) is 1.96. The first kappa shape index (κ1) is 19.5. The average Bonchev–Trinajstić information content (AvgIpc) is 2.89. The van der Waals surface area contributed by atoms with Gasteiger partial charge in [-0.25, -0.2) is 0 Å². The Hall–Kier alpha value is -2.30. The van der Waals surface area contributed by atoms with Gasteiger partial charge in [-0.3, -0.25) is 9.48 Å². The Labute approximate surface area is 162 Å². The second-order valence-corrected chi connectivity index (χ2v) is 7.90. The van der Waals surface area contributed by atoms with Crippen LogP contribution < -0.4 is 10.2 Å². The Morgan fingerprint density at radius 3 is 2.52 bits per heavy atom. The molecule has 1 atom stereocenters. The van der Waals surface area contributed by atoms with Crippen LogP contribution in [0.3, 0.4) is 0 Å². The Balaban J connectivity index is 1.70. The van der Waals surface area contributed by atoms with Crippen LogP contribution in [-0.4, -0.2) is 34.8 Å². The topological polar surface area (TPSA) is 50.2 Å². The van der Waals surface area contributed by atoms with Crippen LogP contribution in [0.25, 0.3) is 0 Å². The predicted octanol–water partition coefficient (Wildman–Crippen LogP) is 3.70. The summed E-state index contributed by atoms with van der Waals surface area (Å²) in [6.07, 6.45) is 4.57. The van der Waals surface area contributed by atoms with E-state index in [-0.39, 0.29) is 11.9 Å². The summed E-state index contributed by atoms with van der Waals surface area (Å²) in [4.78, 5) is 15.2. The number of aryl methyl sites for hydroxylation is 3. The van der Waals surface area contributed by atoms with Crippen LogP contribution in [0, 0.1) is 20.8 Å². The van der Waals surface area contributed by atoms with Crippen molar-refractivity contribution in [3.8, 4) is 0 Å². The van der Waals surface area contributed by atoms with E-state index in [0.29, 0.717) is 0 Å². The van der Waals surface area contributed by atoms with Gasteiger partial charge in [0.1, 0.15) is 0 Å². The largest absolute Gasteiger partial charge is 0.371 e. The van der Waals surface area contributed by atoms with Crippen molar-refractivity contribution in [2.24, 2.45) is 7.05 Å². The smallest absolute Gasteiger partial charge is 0.251 e. The number of rotatable bonds is 5. The van der Waals surface area contributed by atoms with Gasteiger partial charge in [-0.1, -0.05) is 6.07 Å². The minimum atomic E-state index is -0.0000409. The standard InChI is InChI=1S/C22H32N4O/c1-15-9-10-19(14-21(15)26-11-7-6-8-12-26)22(27)23-16(2)13-20-17(3)24-25(5)18(20)4/h9-10,14,16H,6-8,11-13H2,1-5H3,(H,23,27)/t16-/m1/s1. The lowest BCUT2D eigenvalue weighted by molar-refractivity contribution is 0.0940. The molecule has 1 saturated heterocycles. The van der Waals surface area contributed by atoms with Crippen molar-refractivity contribution in [1.29, 1.82) is 0 Å². The van der Waals surface area contributed by atoms with E-state index in [9.17, 15) is 4.79 Å². The number of hydrogen-bond acceptors (Lipinski definition) is 3. The van der Waals surface area contributed by atoms with E-state index in [1.54, 1.807) is 0 Å². The van der Waals surface area contributed by atoms with Crippen molar-refractivity contribution in [3.63, 3.8) is 0 Å². The Kier molecular flexibility index (Phi) is 5.88. The van der Waals surface area contributed by atoms with Crippen LogP contribution >= 0.6 is 0 Å². The maximum Gasteiger partial charge on any atom is 0.251 e. The van der Waals surface area contributed by atoms with Crippen LogP contribution in [0.4, 0.5) is 5.69 Å². The van der Waals surface area contributed by atoms with Gasteiger partial charge in [-0.05, 0) is 76.6 Å². The molecule has 0 radical (unpaired) electrons. The molecule has 2 heterocycles. The summed E-state index contributed by atoms with van der Waals surface area (Å²) in [6.45, 7) is 10.5. The maximum atomic E-state index is 12.8. The second-order valence-electron chi connectivity index (χ2n) is 7.90. The van der Waals surface area contributed by atoms with Gasteiger partial charge in [0.2, 0.25) is 0 Å². The zero-order chi connectivity index (χ0) is 19.6. The number of benzene rings is 1. The molecule has 1 aliphatic heterocycles. The number of anilines is 1. The minimum absolute atomic E-state index is 0.0000409. The lowest BCUT2D eigenvalue weighted by atomic mass is 10.0. The van der Waals surface area contributed by atoms with Gasteiger partial charge in [-0.2, -0.15) is 5.10 Å². The van der Waals surface area contributed by atoms with Crippen LogP contribution in [0.1, 0.15) is 59.1 Å². The molecule has 1 amide bonds. The predicted molar refractivity (Wildman–Crippen MR) is 111 cm³/mol. The van der Waals surface area contributed by atoms with Crippen molar-refractivity contribution < 1.29 is 4.79 Å². The summed E-state index contributed by atoms with van der Waals surface area (Å²) in [5.41, 5.74) is 6.61. The molecule has 3 rings (SSSR count). The molecule has 0 saturated carbocycles. The number of carbonyl (C=O) groups is 1. The molecular formula is C22H32N4O. The van der Waals surface area contributed by atoms with Gasteiger partial charge in [0, 0.05) is 43.1 Å². The molecule has 0 bridgehead atoms. The van der Waals surface area contributed by atoms with E-state index in [4.69, 9.17) is 0 Å². The summed E-state index contributed by atoms with van der Waals surface area (Å²) in [5.74, 6) is -0.0000409. The minimum Gasteiger partial charge on any atom is -0.371 e. The monoisotopic (exact) mass is 368 g/mol. The first-order valence-corrected chi connectivity index (χ1v) is 10.0. The van der Waals surface area contributed by atoms with E-state index in [0.717, 1.165) is 36.5 Å². The highest BCUT2D eigenvalue weighted by Gasteiger charge is 2.18. The van der Waals surface area contributed by atoms with Crippen molar-refractivity contribution in [2.45, 2.75) is 59.4 Å². The summed E-state index contributed by atoms with van der Waals surface area (Å²) in [6, 6.07) is 6.12. The number of nitrogens with zero attached hydrogens (tertiary/aromatic N) is 3. The lowest BCUT2D eigenvalue weighted by Crippen LogP contribution is -2.35. The van der Waals surface area contributed by atoms with E-state index < -0.39 is 0 Å². The fraction of sp³-hybridized carbons (Fsp3) is 0.545. The van der Waals surface area contributed by atoms with Crippen LogP contribution in [-0.2, 0) is 13.5 Å². The zero-order valence-electron chi connectivity index (χ0n) is 17.3. The first-order valence-electron chi connectivity index (χ1n) is 10.0. The highest BCUT2D eigenvalue weighted by Crippen LogP contribution is 2.25. The number of carbonyl (C=O) groups excluding carboxylic acids is 1. The normalized spacial score (nSPS) is 15.7. The first-order chi connectivity index (χ1) is 12.9. The zero-order valence-corrected chi connectivity index (χ0v) is 17.3. The van der Waals surface area contributed by atoms with Gasteiger partial charge in [-0.15, -0.1) is 0 Å². The van der Waals surface area contributed by atoms with Gasteiger partial charge >= 0.3 is 0 Å². The molecule has 146 valence electrons. The van der Waals surface area contributed by atoms with Crippen molar-refractivity contribution in [3.05, 3.63) is 46.3 Å². The fourth-order valence-electron chi connectivity index (χ4n) is 4.00. The number of piperidine rings is 1. The van der Waals surface area contributed by atoms with Crippen LogP contribution in [0.5, 0.6) is 0 Å². The Morgan fingerprint density at radius 1 is 1.19 bits per heavy atom. The third-order valence-corrected chi connectivity index (χ3v) is 5.71. The van der Waals surface area contributed by atoms with Gasteiger partial charge in [0.05, 0.1) is 5.69 Å². The third-order valence-electron chi connectivity index (χ3n) is 5.71. The van der Waals surface area contributed by atoms with Gasteiger partial charge in [0.15, 0.2) is 0 Å². The van der Waals surface area contributed by atoms with Crippen molar-refractivity contribution >= 4 is 11.6 Å². The van der Waals surface area contributed by atoms with Gasteiger partial charge in [0.25, 0.3) is 5.91 Å². The summed E-state index contributed by atoms with van der Waals surface area (Å²) < 4.78 is 1.91. The summed E-state index contributed by atoms with van der Waals surface area (Å²) in [5, 5.41) is 7.64. The average molecular weight is 369 g/mol. The van der Waals surface area contributed by atoms with Crippen molar-refractivity contribution in [1.82, 2.24) is 15.1 Å². The molecule has 5 nitrogen and oxygen atoms in total. The second kappa shape index (κ2) is 8.15. The van der Waals surface area contributed by atoms with E-state index in [2.05, 4.69) is 48.2 Å². The number of amides is 1. The SMILES string of the molecule is Cc1ccc(C(=O)N[C@H](C)Cc2c(C)nn(C)c2C)cc1N1CCCCC1. The summed E-state index contributed by atoms with van der Waals surface area (Å²) >= 11 is 0. The molecule has 2 aromatic rings.